The van der Waals surface area contributed by atoms with E-state index in [1.807, 2.05) is 30.3 Å². The molecule has 146 valence electrons. The van der Waals surface area contributed by atoms with Gasteiger partial charge in [-0.1, -0.05) is 30.3 Å². The number of sulfone groups is 1. The van der Waals surface area contributed by atoms with Gasteiger partial charge in [0, 0.05) is 6.42 Å². The van der Waals surface area contributed by atoms with Crippen LogP contribution in [0.25, 0.3) is 0 Å². The molecule has 0 spiro atoms. The minimum Gasteiger partial charge on any atom is -0.455 e. The maximum absolute atomic E-state index is 12.3. The first-order valence-corrected chi connectivity index (χ1v) is 10.6. The number of carbonyl (C=O) groups excluding carboxylic acids is 3. The van der Waals surface area contributed by atoms with E-state index in [9.17, 15) is 22.8 Å². The summed E-state index contributed by atoms with van der Waals surface area (Å²) < 4.78 is 27.8. The molecule has 1 saturated carbocycles. The first kappa shape index (κ1) is 19.3. The van der Waals surface area contributed by atoms with Crippen molar-refractivity contribution < 1.29 is 27.5 Å². The van der Waals surface area contributed by atoms with Crippen LogP contribution < -0.4 is 10.9 Å². The highest BCUT2D eigenvalue weighted by molar-refractivity contribution is 7.91. The molecule has 3 rings (SSSR count). The van der Waals surface area contributed by atoms with Gasteiger partial charge in [-0.05, 0) is 30.7 Å². The summed E-state index contributed by atoms with van der Waals surface area (Å²) in [5, 5.41) is 0. The predicted octanol–water partition coefficient (Wildman–Crippen LogP) is 0.234. The van der Waals surface area contributed by atoms with Crippen LogP contribution in [0.4, 0.5) is 0 Å². The molecule has 0 radical (unpaired) electrons. The number of hydrogen-bond acceptors (Lipinski definition) is 6. The van der Waals surface area contributed by atoms with Crippen LogP contribution >= 0.6 is 0 Å². The van der Waals surface area contributed by atoms with E-state index in [0.717, 1.165) is 5.56 Å². The Hall–Kier alpha value is -2.42. The topological polar surface area (TPSA) is 119 Å². The number of carbonyl (C=O) groups is 3. The Kier molecular flexibility index (Phi) is 5.50. The maximum atomic E-state index is 12.3. The fourth-order valence-electron chi connectivity index (χ4n) is 3.28. The molecule has 2 amide bonds. The lowest BCUT2D eigenvalue weighted by Gasteiger charge is -2.15. The lowest BCUT2D eigenvalue weighted by Crippen LogP contribution is -2.44. The molecule has 1 aliphatic heterocycles. The zero-order valence-electron chi connectivity index (χ0n) is 14.8. The van der Waals surface area contributed by atoms with Gasteiger partial charge in [-0.2, -0.15) is 0 Å². The van der Waals surface area contributed by atoms with Gasteiger partial charge in [0.05, 0.1) is 16.9 Å². The van der Waals surface area contributed by atoms with Crippen molar-refractivity contribution >= 4 is 27.6 Å². The van der Waals surface area contributed by atoms with Crippen LogP contribution in [0.15, 0.2) is 30.3 Å². The van der Waals surface area contributed by atoms with Crippen LogP contribution in [0.1, 0.15) is 31.2 Å². The van der Waals surface area contributed by atoms with Gasteiger partial charge < -0.3 is 4.74 Å². The zero-order valence-corrected chi connectivity index (χ0v) is 15.6. The Bertz CT molecular complexity index is 833. The third kappa shape index (κ3) is 4.85. The summed E-state index contributed by atoms with van der Waals surface area (Å²) in [6.45, 7) is -0.495. The van der Waals surface area contributed by atoms with E-state index in [4.69, 9.17) is 4.74 Å². The number of ether oxygens (including phenoxy) is 1. The number of benzene rings is 1. The molecule has 9 heteroatoms. The van der Waals surface area contributed by atoms with Crippen molar-refractivity contribution in [1.29, 1.82) is 0 Å². The largest absolute Gasteiger partial charge is 0.455 e. The minimum absolute atomic E-state index is 0.00640. The molecule has 1 aliphatic carbocycles. The lowest BCUT2D eigenvalue weighted by molar-refractivity contribution is -0.151. The van der Waals surface area contributed by atoms with Crippen molar-refractivity contribution in [2.24, 2.45) is 5.92 Å². The first-order valence-electron chi connectivity index (χ1n) is 8.82. The highest BCUT2D eigenvalue weighted by Gasteiger charge is 2.52. The number of esters is 1. The van der Waals surface area contributed by atoms with Crippen LogP contribution in [-0.2, 0) is 34.4 Å². The Morgan fingerprint density at radius 1 is 1.07 bits per heavy atom. The average Bonchev–Trinajstić information content (AvgIpc) is 3.38. The third-order valence-corrected chi connectivity index (χ3v) is 6.78. The SMILES string of the molecule is O=C(COC(=O)C1(c2ccccc2)CC1)NNC(=O)C[C@H]1CCS(=O)(=O)C1. The summed E-state index contributed by atoms with van der Waals surface area (Å²) in [5.74, 6) is -1.72. The molecule has 1 atom stereocenters. The number of hydrogen-bond donors (Lipinski definition) is 2. The molecule has 27 heavy (non-hydrogen) atoms. The molecule has 8 nitrogen and oxygen atoms in total. The average molecular weight is 394 g/mol. The van der Waals surface area contributed by atoms with E-state index < -0.39 is 39.6 Å². The standard InChI is InChI=1S/C18H22N2O6S/c21-15(10-13-6-9-27(24,25)12-13)19-20-16(22)11-26-17(23)18(7-8-18)14-4-2-1-3-5-14/h1-5,13H,6-12H2,(H,19,21)(H,20,22)/t13-/m1/s1. The van der Waals surface area contributed by atoms with Crippen molar-refractivity contribution in [2.45, 2.75) is 31.1 Å². The van der Waals surface area contributed by atoms with E-state index in [-0.39, 0.29) is 23.8 Å². The molecule has 0 aromatic heterocycles. The summed E-state index contributed by atoms with van der Waals surface area (Å²) in [5.41, 5.74) is 4.60. The molecule has 2 fully saturated rings. The fraction of sp³-hybridized carbons (Fsp3) is 0.500. The van der Waals surface area contributed by atoms with Gasteiger partial charge in [-0.3, -0.25) is 25.2 Å². The summed E-state index contributed by atoms with van der Waals surface area (Å²) in [7, 11) is -3.05. The molecule has 2 N–H and O–H groups in total. The van der Waals surface area contributed by atoms with E-state index in [0.29, 0.717) is 19.3 Å². The monoisotopic (exact) mass is 394 g/mol. The number of nitrogens with one attached hydrogen (secondary N) is 2. The summed E-state index contributed by atoms with van der Waals surface area (Å²) in [6.07, 6.45) is 1.83. The highest BCUT2D eigenvalue weighted by atomic mass is 32.2. The second-order valence-electron chi connectivity index (χ2n) is 7.09. The molecule has 1 heterocycles. The Labute approximate surface area is 157 Å². The Balaban J connectivity index is 1.39. The van der Waals surface area contributed by atoms with Gasteiger partial charge >= 0.3 is 5.97 Å². The summed E-state index contributed by atoms with van der Waals surface area (Å²) in [6, 6.07) is 9.28. The molecule has 0 bridgehead atoms. The van der Waals surface area contributed by atoms with E-state index in [1.54, 1.807) is 0 Å². The van der Waals surface area contributed by atoms with Gasteiger partial charge in [-0.15, -0.1) is 0 Å². The highest BCUT2D eigenvalue weighted by Crippen LogP contribution is 2.49. The molecule has 0 unspecified atom stereocenters. The Morgan fingerprint density at radius 2 is 1.74 bits per heavy atom. The van der Waals surface area contributed by atoms with Gasteiger partial charge in [0.15, 0.2) is 16.4 Å². The molecular formula is C18H22N2O6S. The zero-order chi connectivity index (χ0) is 19.5. The normalized spacial score (nSPS) is 21.9. The van der Waals surface area contributed by atoms with E-state index in [1.165, 1.54) is 0 Å². The maximum Gasteiger partial charge on any atom is 0.317 e. The second kappa shape index (κ2) is 7.67. The Morgan fingerprint density at radius 3 is 2.33 bits per heavy atom. The van der Waals surface area contributed by atoms with Gasteiger partial charge in [0.1, 0.15) is 0 Å². The predicted molar refractivity (Wildman–Crippen MR) is 96.0 cm³/mol. The minimum atomic E-state index is -3.05. The number of hydrazine groups is 1. The summed E-state index contributed by atoms with van der Waals surface area (Å²) >= 11 is 0. The van der Waals surface area contributed by atoms with E-state index >= 15 is 0 Å². The number of amides is 2. The first-order chi connectivity index (χ1) is 12.8. The third-order valence-electron chi connectivity index (χ3n) is 4.94. The smallest absolute Gasteiger partial charge is 0.317 e. The van der Waals surface area contributed by atoms with Crippen LogP contribution in [0.5, 0.6) is 0 Å². The molecule has 1 saturated heterocycles. The molecule has 1 aromatic rings. The van der Waals surface area contributed by atoms with Crippen molar-refractivity contribution in [1.82, 2.24) is 10.9 Å². The molecule has 1 aromatic carbocycles. The summed E-state index contributed by atoms with van der Waals surface area (Å²) in [4.78, 5) is 35.9. The number of rotatable bonds is 6. The quantitative estimate of drug-likeness (QED) is 0.527. The van der Waals surface area contributed by atoms with Gasteiger partial charge in [-0.25, -0.2) is 8.42 Å². The van der Waals surface area contributed by atoms with Gasteiger partial charge in [0.2, 0.25) is 5.91 Å². The van der Waals surface area contributed by atoms with Crippen LogP contribution in [0.3, 0.4) is 0 Å². The van der Waals surface area contributed by atoms with Crippen molar-refractivity contribution in [3.63, 3.8) is 0 Å². The van der Waals surface area contributed by atoms with Crippen molar-refractivity contribution in [2.75, 3.05) is 18.1 Å². The van der Waals surface area contributed by atoms with E-state index in [2.05, 4.69) is 10.9 Å². The lowest BCUT2D eigenvalue weighted by atomic mass is 9.96. The van der Waals surface area contributed by atoms with Crippen molar-refractivity contribution in [3.05, 3.63) is 35.9 Å². The van der Waals surface area contributed by atoms with Crippen LogP contribution in [0.2, 0.25) is 0 Å². The molecule has 2 aliphatic rings. The van der Waals surface area contributed by atoms with Crippen molar-refractivity contribution in [3.8, 4) is 0 Å². The molecular weight excluding hydrogens is 372 g/mol. The fourth-order valence-corrected chi connectivity index (χ4v) is 5.15. The van der Waals surface area contributed by atoms with Crippen LogP contribution in [-0.4, -0.2) is 44.3 Å². The van der Waals surface area contributed by atoms with Gasteiger partial charge in [0.25, 0.3) is 5.91 Å². The second-order valence-corrected chi connectivity index (χ2v) is 9.32. The van der Waals surface area contributed by atoms with Crippen LogP contribution in [0, 0.1) is 5.92 Å².